The molecule has 0 aliphatic rings. The van der Waals surface area contributed by atoms with E-state index in [1.165, 1.54) is 0 Å². The summed E-state index contributed by atoms with van der Waals surface area (Å²) in [6.45, 7) is 2.49. The first kappa shape index (κ1) is 12.5. The molecule has 16 heavy (non-hydrogen) atoms. The van der Waals surface area contributed by atoms with Crippen LogP contribution in [0.5, 0.6) is 0 Å². The van der Waals surface area contributed by atoms with E-state index in [0.717, 1.165) is 6.33 Å². The van der Waals surface area contributed by atoms with Gasteiger partial charge in [0, 0.05) is 5.56 Å². The predicted octanol–water partition coefficient (Wildman–Crippen LogP) is 2.16. The van der Waals surface area contributed by atoms with Crippen molar-refractivity contribution in [3.63, 3.8) is 0 Å². The molecular formula is C9H13F3N4. The lowest BCUT2D eigenvalue weighted by molar-refractivity contribution is -0.115. The summed E-state index contributed by atoms with van der Waals surface area (Å²) in [4.78, 5) is 7.51. The Bertz CT molecular complexity index is 362. The molecule has 0 amide bonds. The summed E-state index contributed by atoms with van der Waals surface area (Å²) >= 11 is 0. The zero-order valence-electron chi connectivity index (χ0n) is 8.97. The van der Waals surface area contributed by atoms with Crippen LogP contribution >= 0.6 is 0 Å². The number of halogens is 3. The molecule has 0 spiro atoms. The number of aromatic nitrogens is 2. The second-order valence-electron chi connectivity index (χ2n) is 3.64. The molecule has 0 aromatic carbocycles. The fraction of sp³-hybridized carbons (Fsp3) is 0.556. The van der Waals surface area contributed by atoms with Crippen molar-refractivity contribution >= 4 is 11.6 Å². The van der Waals surface area contributed by atoms with Crippen molar-refractivity contribution in [2.45, 2.75) is 25.9 Å². The molecule has 1 aromatic rings. The standard InChI is InChI=1S/C9H13F3N4/c1-5(2)6-7(13)15-4-16-8(6)14-3-9(10,11)12/h4-5H,3H2,1-2H3,(H3,13,14,15,16). The topological polar surface area (TPSA) is 63.8 Å². The van der Waals surface area contributed by atoms with E-state index in [2.05, 4.69) is 15.3 Å². The van der Waals surface area contributed by atoms with Crippen LogP contribution < -0.4 is 11.1 Å². The number of nitrogens with zero attached hydrogens (tertiary/aromatic N) is 2. The van der Waals surface area contributed by atoms with Crippen LogP contribution in [0, 0.1) is 0 Å². The highest BCUT2D eigenvalue weighted by molar-refractivity contribution is 5.56. The van der Waals surface area contributed by atoms with Crippen LogP contribution in [0.25, 0.3) is 0 Å². The van der Waals surface area contributed by atoms with Gasteiger partial charge in [-0.3, -0.25) is 0 Å². The van der Waals surface area contributed by atoms with E-state index >= 15 is 0 Å². The first-order valence-electron chi connectivity index (χ1n) is 4.72. The summed E-state index contributed by atoms with van der Waals surface area (Å²) in [5.41, 5.74) is 6.10. The van der Waals surface area contributed by atoms with E-state index in [9.17, 15) is 13.2 Å². The Morgan fingerprint density at radius 3 is 2.50 bits per heavy atom. The van der Waals surface area contributed by atoms with Crippen LogP contribution in [-0.2, 0) is 0 Å². The molecule has 1 rings (SSSR count). The van der Waals surface area contributed by atoms with Gasteiger partial charge in [-0.15, -0.1) is 0 Å². The number of nitrogen functional groups attached to an aromatic ring is 1. The Kier molecular flexibility index (Phi) is 3.56. The molecule has 0 saturated carbocycles. The van der Waals surface area contributed by atoms with Gasteiger partial charge in [-0.2, -0.15) is 13.2 Å². The number of nitrogens with two attached hydrogens (primary N) is 1. The fourth-order valence-corrected chi connectivity index (χ4v) is 1.30. The third-order valence-corrected chi connectivity index (χ3v) is 1.95. The first-order chi connectivity index (χ1) is 7.31. The van der Waals surface area contributed by atoms with Crippen molar-refractivity contribution in [1.29, 1.82) is 0 Å². The lowest BCUT2D eigenvalue weighted by Gasteiger charge is -2.15. The molecule has 90 valence electrons. The number of alkyl halides is 3. The molecule has 0 aliphatic carbocycles. The molecule has 1 aromatic heterocycles. The van der Waals surface area contributed by atoms with E-state index in [-0.39, 0.29) is 17.6 Å². The van der Waals surface area contributed by atoms with Crippen molar-refractivity contribution in [3.8, 4) is 0 Å². The quantitative estimate of drug-likeness (QED) is 0.841. The monoisotopic (exact) mass is 234 g/mol. The van der Waals surface area contributed by atoms with Gasteiger partial charge in [-0.05, 0) is 5.92 Å². The van der Waals surface area contributed by atoms with Gasteiger partial charge >= 0.3 is 6.18 Å². The van der Waals surface area contributed by atoms with E-state index in [4.69, 9.17) is 5.73 Å². The second-order valence-corrected chi connectivity index (χ2v) is 3.64. The summed E-state index contributed by atoms with van der Waals surface area (Å²) in [5.74, 6) is 0.298. The van der Waals surface area contributed by atoms with Gasteiger partial charge in [0.15, 0.2) is 0 Å². The molecule has 0 radical (unpaired) electrons. The highest BCUT2D eigenvalue weighted by atomic mass is 19.4. The third-order valence-electron chi connectivity index (χ3n) is 1.95. The Balaban J connectivity index is 2.91. The molecule has 0 bridgehead atoms. The fourth-order valence-electron chi connectivity index (χ4n) is 1.30. The Hall–Kier alpha value is -1.53. The lowest BCUT2D eigenvalue weighted by Crippen LogP contribution is -2.23. The maximum Gasteiger partial charge on any atom is 0.405 e. The minimum atomic E-state index is -4.28. The Morgan fingerprint density at radius 2 is 2.00 bits per heavy atom. The number of hydrogen-bond acceptors (Lipinski definition) is 4. The molecule has 7 heteroatoms. The summed E-state index contributed by atoms with van der Waals surface area (Å²) in [6.07, 6.45) is -3.14. The highest BCUT2D eigenvalue weighted by Crippen LogP contribution is 2.27. The Labute approximate surface area is 91.1 Å². The summed E-state index contributed by atoms with van der Waals surface area (Å²) in [6, 6.07) is 0. The highest BCUT2D eigenvalue weighted by Gasteiger charge is 2.27. The molecule has 0 atom stereocenters. The average molecular weight is 234 g/mol. The average Bonchev–Trinajstić information content (AvgIpc) is 2.12. The predicted molar refractivity (Wildman–Crippen MR) is 55.1 cm³/mol. The van der Waals surface area contributed by atoms with Crippen LogP contribution in [0.15, 0.2) is 6.33 Å². The summed E-state index contributed by atoms with van der Waals surface area (Å²) < 4.78 is 36.1. The smallest absolute Gasteiger partial charge is 0.383 e. The van der Waals surface area contributed by atoms with Gasteiger partial charge in [0.25, 0.3) is 0 Å². The second kappa shape index (κ2) is 4.54. The minimum absolute atomic E-state index is 0.0445. The van der Waals surface area contributed by atoms with Crippen molar-refractivity contribution < 1.29 is 13.2 Å². The number of hydrogen-bond donors (Lipinski definition) is 2. The molecule has 1 heterocycles. The zero-order valence-corrected chi connectivity index (χ0v) is 8.97. The maximum atomic E-state index is 12.0. The van der Waals surface area contributed by atoms with Crippen LogP contribution in [-0.4, -0.2) is 22.7 Å². The summed E-state index contributed by atoms with van der Waals surface area (Å²) in [5, 5.41) is 2.22. The molecule has 0 saturated heterocycles. The van der Waals surface area contributed by atoms with E-state index in [0.29, 0.717) is 5.56 Å². The van der Waals surface area contributed by atoms with E-state index in [1.54, 1.807) is 0 Å². The Morgan fingerprint density at radius 1 is 1.38 bits per heavy atom. The van der Waals surface area contributed by atoms with Crippen LogP contribution in [0.2, 0.25) is 0 Å². The van der Waals surface area contributed by atoms with Crippen molar-refractivity contribution in [2.24, 2.45) is 0 Å². The number of rotatable bonds is 3. The van der Waals surface area contributed by atoms with E-state index < -0.39 is 12.7 Å². The molecule has 4 nitrogen and oxygen atoms in total. The van der Waals surface area contributed by atoms with Crippen LogP contribution in [0.3, 0.4) is 0 Å². The van der Waals surface area contributed by atoms with Gasteiger partial charge in [-0.1, -0.05) is 13.8 Å². The van der Waals surface area contributed by atoms with Gasteiger partial charge in [0.1, 0.15) is 24.5 Å². The normalized spacial score (nSPS) is 11.9. The molecule has 0 aliphatic heterocycles. The van der Waals surface area contributed by atoms with Gasteiger partial charge in [-0.25, -0.2) is 9.97 Å². The molecule has 3 N–H and O–H groups in total. The minimum Gasteiger partial charge on any atom is -0.383 e. The number of nitrogens with one attached hydrogen (secondary N) is 1. The first-order valence-corrected chi connectivity index (χ1v) is 4.72. The third kappa shape index (κ3) is 3.25. The van der Waals surface area contributed by atoms with Crippen LogP contribution in [0.4, 0.5) is 24.8 Å². The van der Waals surface area contributed by atoms with Crippen molar-refractivity contribution in [3.05, 3.63) is 11.9 Å². The molecular weight excluding hydrogens is 221 g/mol. The molecule has 0 unspecified atom stereocenters. The van der Waals surface area contributed by atoms with Gasteiger partial charge in [0.2, 0.25) is 0 Å². The van der Waals surface area contributed by atoms with Crippen molar-refractivity contribution in [2.75, 3.05) is 17.6 Å². The van der Waals surface area contributed by atoms with Crippen molar-refractivity contribution in [1.82, 2.24) is 9.97 Å². The van der Waals surface area contributed by atoms with Gasteiger partial charge in [0.05, 0.1) is 0 Å². The molecule has 0 fully saturated rings. The number of anilines is 2. The maximum absolute atomic E-state index is 12.0. The van der Waals surface area contributed by atoms with Crippen LogP contribution in [0.1, 0.15) is 25.3 Å². The SMILES string of the molecule is CC(C)c1c(N)ncnc1NCC(F)(F)F. The van der Waals surface area contributed by atoms with Gasteiger partial charge < -0.3 is 11.1 Å². The van der Waals surface area contributed by atoms with E-state index in [1.807, 2.05) is 13.8 Å². The zero-order chi connectivity index (χ0) is 12.3. The summed E-state index contributed by atoms with van der Waals surface area (Å²) in [7, 11) is 0. The lowest BCUT2D eigenvalue weighted by atomic mass is 10.0. The largest absolute Gasteiger partial charge is 0.405 e.